The van der Waals surface area contributed by atoms with Crippen molar-refractivity contribution in [1.82, 2.24) is 0 Å². The average molecular weight is 176 g/mol. The molecule has 12 heavy (non-hydrogen) atoms. The first-order valence-electron chi connectivity index (χ1n) is 3.86. The van der Waals surface area contributed by atoms with Crippen LogP contribution in [-0.4, -0.2) is 0 Å². The van der Waals surface area contributed by atoms with E-state index in [-0.39, 0.29) is 0 Å². The van der Waals surface area contributed by atoms with E-state index in [0.29, 0.717) is 0 Å². The van der Waals surface area contributed by atoms with Gasteiger partial charge in [0.05, 0.1) is 0 Å². The van der Waals surface area contributed by atoms with Gasteiger partial charge in [0.1, 0.15) is 0 Å². The largest absolute Gasteiger partial charge is 0.143 e. The normalized spacial score (nSPS) is 11.3. The van der Waals surface area contributed by atoms with Crippen molar-refractivity contribution in [3.05, 3.63) is 48.0 Å². The molecule has 0 amide bonds. The van der Waals surface area contributed by atoms with Crippen molar-refractivity contribution in [2.45, 2.75) is 6.92 Å². The monoisotopic (exact) mass is 176 g/mol. The molecule has 0 saturated carbocycles. The lowest BCUT2D eigenvalue weighted by Gasteiger charge is -2.03. The van der Waals surface area contributed by atoms with Crippen molar-refractivity contribution in [2.24, 2.45) is 0 Å². The van der Waals surface area contributed by atoms with Gasteiger partial charge in [-0.2, -0.15) is 0 Å². The number of hydrogen-bond acceptors (Lipinski definition) is 1. The van der Waals surface area contributed by atoms with Gasteiger partial charge in [-0.1, -0.05) is 43.0 Å². The van der Waals surface area contributed by atoms with Gasteiger partial charge in [0, 0.05) is 4.91 Å². The summed E-state index contributed by atoms with van der Waals surface area (Å²) in [6.45, 7) is 5.72. The first kappa shape index (κ1) is 9.14. The van der Waals surface area contributed by atoms with Gasteiger partial charge in [-0.3, -0.25) is 0 Å². The van der Waals surface area contributed by atoms with Gasteiger partial charge in [0.15, 0.2) is 0 Å². The van der Waals surface area contributed by atoms with Crippen LogP contribution in [0.1, 0.15) is 18.1 Å². The molecule has 0 bridgehead atoms. The van der Waals surface area contributed by atoms with Crippen molar-refractivity contribution in [1.29, 1.82) is 0 Å². The number of allylic oxidation sites excluding steroid dienone is 1. The highest BCUT2D eigenvalue weighted by Crippen LogP contribution is 2.22. The fraction of sp³-hybridized carbons (Fsp3) is 0.0909. The summed E-state index contributed by atoms with van der Waals surface area (Å²) >= 11 is 4.36. The lowest BCUT2D eigenvalue weighted by Crippen LogP contribution is -1.81. The molecule has 0 radical (unpaired) electrons. The Labute approximate surface area is 79.0 Å². The molecule has 0 N–H and O–H groups in total. The van der Waals surface area contributed by atoms with Crippen LogP contribution < -0.4 is 0 Å². The first-order valence-corrected chi connectivity index (χ1v) is 4.31. The topological polar surface area (TPSA) is 0 Å². The predicted molar refractivity (Wildman–Crippen MR) is 59.2 cm³/mol. The highest BCUT2D eigenvalue weighted by atomic mass is 32.1. The molecule has 1 aromatic carbocycles. The molecule has 0 aliphatic heterocycles. The molecular formula is C11H12S. The minimum absolute atomic E-state index is 0.991. The number of thiol groups is 1. The molecule has 1 aromatic rings. The van der Waals surface area contributed by atoms with Crippen molar-refractivity contribution < 1.29 is 0 Å². The maximum absolute atomic E-state index is 4.36. The molecule has 0 unspecified atom stereocenters. The zero-order valence-corrected chi connectivity index (χ0v) is 8.01. The maximum Gasteiger partial charge on any atom is 0.00758 e. The Kier molecular flexibility index (Phi) is 3.18. The van der Waals surface area contributed by atoms with Crippen LogP contribution in [0.4, 0.5) is 0 Å². The zero-order valence-electron chi connectivity index (χ0n) is 7.12. The molecule has 0 fully saturated rings. The third-order valence-corrected chi connectivity index (χ3v) is 2.23. The molecule has 0 aliphatic rings. The van der Waals surface area contributed by atoms with Gasteiger partial charge in [-0.05, 0) is 18.1 Å². The van der Waals surface area contributed by atoms with Crippen molar-refractivity contribution in [2.75, 3.05) is 0 Å². The van der Waals surface area contributed by atoms with Crippen LogP contribution in [0.2, 0.25) is 0 Å². The molecule has 0 atom stereocenters. The molecule has 0 aliphatic carbocycles. The van der Waals surface area contributed by atoms with E-state index >= 15 is 0 Å². The van der Waals surface area contributed by atoms with E-state index in [9.17, 15) is 0 Å². The standard InChI is InChI=1S/C11H12S/c1-3-9-7-5-6-8-10(9)11(12)4-2/h3-8,12H,1H2,2H3/b11-4+. The molecule has 1 rings (SSSR count). The van der Waals surface area contributed by atoms with Gasteiger partial charge in [-0.25, -0.2) is 0 Å². The maximum atomic E-state index is 4.36. The third-order valence-electron chi connectivity index (χ3n) is 1.73. The molecule has 0 spiro atoms. The molecular weight excluding hydrogens is 164 g/mol. The summed E-state index contributed by atoms with van der Waals surface area (Å²) in [5.41, 5.74) is 2.26. The summed E-state index contributed by atoms with van der Waals surface area (Å²) in [5.74, 6) is 0. The Hall–Kier alpha value is -0.950. The van der Waals surface area contributed by atoms with E-state index in [2.05, 4.69) is 19.2 Å². The fourth-order valence-corrected chi connectivity index (χ4v) is 1.27. The second kappa shape index (κ2) is 4.17. The van der Waals surface area contributed by atoms with Crippen LogP contribution in [-0.2, 0) is 0 Å². The minimum Gasteiger partial charge on any atom is -0.143 e. The highest BCUT2D eigenvalue weighted by Gasteiger charge is 1.98. The molecule has 0 heterocycles. The van der Waals surface area contributed by atoms with Crippen LogP contribution >= 0.6 is 12.6 Å². The second-order valence-electron chi connectivity index (χ2n) is 2.47. The quantitative estimate of drug-likeness (QED) is 0.654. The summed E-state index contributed by atoms with van der Waals surface area (Å²) < 4.78 is 0. The van der Waals surface area contributed by atoms with E-state index in [1.165, 1.54) is 0 Å². The SMILES string of the molecule is C=Cc1ccccc1/C(S)=C\C. The first-order chi connectivity index (χ1) is 5.79. The van der Waals surface area contributed by atoms with Gasteiger partial charge >= 0.3 is 0 Å². The minimum atomic E-state index is 0.991. The number of hydrogen-bond donors (Lipinski definition) is 1. The van der Waals surface area contributed by atoms with Crippen molar-refractivity contribution in [3.8, 4) is 0 Å². The van der Waals surface area contributed by atoms with Gasteiger partial charge in [-0.15, -0.1) is 12.6 Å². The Bertz CT molecular complexity index is 311. The van der Waals surface area contributed by atoms with E-state index < -0.39 is 0 Å². The smallest absolute Gasteiger partial charge is 0.00758 e. The molecule has 1 heteroatoms. The van der Waals surface area contributed by atoms with Gasteiger partial charge in [0.25, 0.3) is 0 Å². The third kappa shape index (κ3) is 1.80. The second-order valence-corrected chi connectivity index (χ2v) is 2.95. The number of rotatable bonds is 2. The molecule has 0 nitrogen and oxygen atoms in total. The summed E-state index contributed by atoms with van der Waals surface area (Å²) in [6, 6.07) is 8.07. The predicted octanol–water partition coefficient (Wildman–Crippen LogP) is 3.62. The number of benzene rings is 1. The fourth-order valence-electron chi connectivity index (χ4n) is 1.06. The van der Waals surface area contributed by atoms with Gasteiger partial charge in [0.2, 0.25) is 0 Å². The average Bonchev–Trinajstić information content (AvgIpc) is 2.16. The summed E-state index contributed by atoms with van der Waals surface area (Å²) in [5, 5.41) is 0. The van der Waals surface area contributed by atoms with Crippen LogP contribution in [0.15, 0.2) is 36.9 Å². The Morgan fingerprint density at radius 2 is 2.08 bits per heavy atom. The van der Waals surface area contributed by atoms with E-state index in [0.717, 1.165) is 16.0 Å². The molecule has 0 aromatic heterocycles. The zero-order chi connectivity index (χ0) is 8.97. The summed E-state index contributed by atoms with van der Waals surface area (Å²) in [6.07, 6.45) is 3.82. The Balaban J connectivity index is 3.22. The lowest BCUT2D eigenvalue weighted by molar-refractivity contribution is 1.59. The van der Waals surface area contributed by atoms with Gasteiger partial charge < -0.3 is 0 Å². The van der Waals surface area contributed by atoms with Crippen LogP contribution in [0.5, 0.6) is 0 Å². The molecule has 62 valence electrons. The summed E-state index contributed by atoms with van der Waals surface area (Å²) in [4.78, 5) is 0.991. The van der Waals surface area contributed by atoms with Crippen molar-refractivity contribution >= 4 is 23.6 Å². The van der Waals surface area contributed by atoms with E-state index in [1.54, 1.807) is 0 Å². The van der Waals surface area contributed by atoms with Crippen LogP contribution in [0.25, 0.3) is 11.0 Å². The summed E-state index contributed by atoms with van der Waals surface area (Å²) in [7, 11) is 0. The molecule has 0 saturated heterocycles. The Morgan fingerprint density at radius 3 is 2.67 bits per heavy atom. The highest BCUT2D eigenvalue weighted by molar-refractivity contribution is 7.90. The van der Waals surface area contributed by atoms with E-state index in [4.69, 9.17) is 0 Å². The van der Waals surface area contributed by atoms with Crippen LogP contribution in [0.3, 0.4) is 0 Å². The van der Waals surface area contributed by atoms with Crippen molar-refractivity contribution in [3.63, 3.8) is 0 Å². The van der Waals surface area contributed by atoms with E-state index in [1.807, 2.05) is 43.3 Å². The lowest BCUT2D eigenvalue weighted by atomic mass is 10.1. The Morgan fingerprint density at radius 1 is 1.42 bits per heavy atom. The van der Waals surface area contributed by atoms with Crippen LogP contribution in [0, 0.1) is 0 Å².